The van der Waals surface area contributed by atoms with Crippen molar-refractivity contribution < 1.29 is 33.1 Å². The van der Waals surface area contributed by atoms with Crippen LogP contribution in [-0.4, -0.2) is 96.0 Å². The third-order valence-corrected chi connectivity index (χ3v) is 13.9. The van der Waals surface area contributed by atoms with Gasteiger partial charge in [0.25, 0.3) is 5.69 Å². The molecule has 256 valence electrons. The zero-order chi connectivity index (χ0) is 34.6. The number of nitro groups is 1. The number of ether oxygens (including phenoxy) is 3. The number of halogens is 1. The normalized spacial score (nSPS) is 17.3. The van der Waals surface area contributed by atoms with E-state index in [4.69, 9.17) is 23.7 Å². The molecule has 1 aromatic carbocycles. The summed E-state index contributed by atoms with van der Waals surface area (Å²) < 4.78 is 26.6. The van der Waals surface area contributed by atoms with Gasteiger partial charge in [-0.2, -0.15) is 0 Å². The van der Waals surface area contributed by atoms with Gasteiger partial charge in [0, 0.05) is 25.2 Å². The lowest BCUT2D eigenvalue weighted by Gasteiger charge is -2.36. The Balaban J connectivity index is 1.86. The summed E-state index contributed by atoms with van der Waals surface area (Å²) in [5.74, 6) is -0.0906. The Labute approximate surface area is 286 Å². The van der Waals surface area contributed by atoms with E-state index in [9.17, 15) is 19.7 Å². The second-order valence-electron chi connectivity index (χ2n) is 13.9. The van der Waals surface area contributed by atoms with Gasteiger partial charge in [0.1, 0.15) is 11.7 Å². The van der Waals surface area contributed by atoms with Crippen molar-refractivity contribution >= 4 is 48.7 Å². The van der Waals surface area contributed by atoms with Crippen LogP contribution in [-0.2, 0) is 27.0 Å². The van der Waals surface area contributed by atoms with Crippen LogP contribution in [0.15, 0.2) is 24.3 Å². The van der Waals surface area contributed by atoms with Gasteiger partial charge in [0.15, 0.2) is 8.32 Å². The maximum Gasteiger partial charge on any atom is 0.410 e. The number of carbonyl (C=O) groups is 2. The van der Waals surface area contributed by atoms with E-state index in [2.05, 4.69) is 56.5 Å². The molecule has 0 spiro atoms. The van der Waals surface area contributed by atoms with E-state index < -0.39 is 37.0 Å². The molecule has 0 bridgehead atoms. The van der Waals surface area contributed by atoms with Gasteiger partial charge in [-0.1, -0.05) is 20.8 Å². The van der Waals surface area contributed by atoms with Crippen LogP contribution in [0.1, 0.15) is 64.5 Å². The fraction of sp³-hybridized carbons (Fsp3) is 0.645. The monoisotopic (exact) mass is 773 g/mol. The highest BCUT2D eigenvalue weighted by Gasteiger charge is 2.42. The molecule has 15 heteroatoms. The Morgan fingerprint density at radius 3 is 2.30 bits per heavy atom. The molecule has 0 N–H and O–H groups in total. The summed E-state index contributed by atoms with van der Waals surface area (Å²) in [7, 11) is -0.0520. The number of hydrogen-bond donors (Lipinski definition) is 0. The van der Waals surface area contributed by atoms with E-state index in [1.807, 2.05) is 23.6 Å². The molecule has 0 radical (unpaired) electrons. The van der Waals surface area contributed by atoms with Crippen molar-refractivity contribution in [1.29, 1.82) is 0 Å². The van der Waals surface area contributed by atoms with E-state index in [-0.39, 0.29) is 35.4 Å². The summed E-state index contributed by atoms with van der Waals surface area (Å²) in [6.07, 6.45) is -1.19. The standard InChI is InChI=1S/C31H48IN5O8Si/c1-11-42-27-26(32)24(36(33-27)16-17-43-46(9,10)31(5,6)7)18-34(8)23-19-35(29(39)45-30(2,3)4)20-25(23)44-28(38)21-12-14-22(15-13-21)37(40)41/h12-15,23,25H,11,16-20H2,1-10H3/t23-,25+/m0/s1. The zero-order valence-corrected chi connectivity index (χ0v) is 31.7. The number of benzene rings is 1. The van der Waals surface area contributed by atoms with Crippen LogP contribution in [0, 0.1) is 13.7 Å². The summed E-state index contributed by atoms with van der Waals surface area (Å²) >= 11 is 2.25. The second-order valence-corrected chi connectivity index (χ2v) is 19.8. The summed E-state index contributed by atoms with van der Waals surface area (Å²) in [5.41, 5.74) is 0.273. The van der Waals surface area contributed by atoms with E-state index in [1.54, 1.807) is 25.7 Å². The molecule has 1 aliphatic heterocycles. The lowest BCUT2D eigenvalue weighted by Crippen LogP contribution is -2.43. The number of aromatic nitrogens is 2. The molecular weight excluding hydrogens is 725 g/mol. The first kappa shape index (κ1) is 37.7. The molecule has 1 saturated heterocycles. The first-order valence-corrected chi connectivity index (χ1v) is 19.4. The number of carbonyl (C=O) groups excluding carboxylic acids is 2. The van der Waals surface area contributed by atoms with Crippen LogP contribution in [0.5, 0.6) is 5.88 Å². The van der Waals surface area contributed by atoms with Crippen molar-refractivity contribution in [1.82, 2.24) is 19.6 Å². The average molecular weight is 774 g/mol. The lowest BCUT2D eigenvalue weighted by atomic mass is 10.1. The quantitative estimate of drug-likeness (QED) is 0.0819. The Kier molecular flexibility index (Phi) is 12.3. The van der Waals surface area contributed by atoms with Crippen LogP contribution >= 0.6 is 22.6 Å². The molecule has 1 aromatic heterocycles. The summed E-state index contributed by atoms with van der Waals surface area (Å²) in [6.45, 7) is 20.7. The maximum absolute atomic E-state index is 13.2. The van der Waals surface area contributed by atoms with Crippen molar-refractivity contribution in [2.75, 3.05) is 33.4 Å². The highest BCUT2D eigenvalue weighted by molar-refractivity contribution is 14.1. The molecule has 0 unspecified atom stereocenters. The van der Waals surface area contributed by atoms with Crippen molar-refractivity contribution in [2.45, 2.75) is 97.4 Å². The highest BCUT2D eigenvalue weighted by Crippen LogP contribution is 2.36. The molecular formula is C31H48IN5O8Si. The largest absolute Gasteiger partial charge is 0.476 e. The van der Waals surface area contributed by atoms with Gasteiger partial charge in [0.05, 0.1) is 52.1 Å². The van der Waals surface area contributed by atoms with Crippen molar-refractivity contribution in [3.05, 3.63) is 49.2 Å². The predicted octanol–water partition coefficient (Wildman–Crippen LogP) is 6.09. The Hall–Kier alpha value is -2.76. The molecule has 13 nitrogen and oxygen atoms in total. The Morgan fingerprint density at radius 2 is 1.76 bits per heavy atom. The molecule has 1 fully saturated rings. The number of rotatable bonds is 12. The van der Waals surface area contributed by atoms with Crippen LogP contribution < -0.4 is 4.74 Å². The van der Waals surface area contributed by atoms with Gasteiger partial charge in [-0.3, -0.25) is 19.7 Å². The predicted molar refractivity (Wildman–Crippen MR) is 185 cm³/mol. The molecule has 46 heavy (non-hydrogen) atoms. The number of nitrogens with zero attached hydrogens (tertiary/aromatic N) is 5. The van der Waals surface area contributed by atoms with Crippen LogP contribution in [0.25, 0.3) is 0 Å². The van der Waals surface area contributed by atoms with Gasteiger partial charge in [0.2, 0.25) is 5.88 Å². The number of likely N-dealkylation sites (N-methyl/N-ethyl adjacent to an activating group) is 1. The first-order chi connectivity index (χ1) is 21.2. The summed E-state index contributed by atoms with van der Waals surface area (Å²) in [4.78, 5) is 40.4. The smallest absolute Gasteiger partial charge is 0.410 e. The summed E-state index contributed by atoms with van der Waals surface area (Å²) in [5, 5.41) is 15.9. The average Bonchev–Trinajstić information content (AvgIpc) is 3.48. The number of nitro benzene ring substituents is 1. The fourth-order valence-corrected chi connectivity index (χ4v) is 6.42. The molecule has 2 atom stereocenters. The molecule has 2 heterocycles. The maximum atomic E-state index is 13.2. The van der Waals surface area contributed by atoms with Crippen molar-refractivity contribution in [3.8, 4) is 5.88 Å². The minimum atomic E-state index is -1.96. The van der Waals surface area contributed by atoms with Gasteiger partial charge >= 0.3 is 12.1 Å². The van der Waals surface area contributed by atoms with E-state index >= 15 is 0 Å². The van der Waals surface area contributed by atoms with Crippen LogP contribution in [0.2, 0.25) is 18.1 Å². The van der Waals surface area contributed by atoms with Gasteiger partial charge < -0.3 is 23.5 Å². The van der Waals surface area contributed by atoms with Crippen molar-refractivity contribution in [3.63, 3.8) is 0 Å². The molecule has 1 aliphatic rings. The third-order valence-electron chi connectivity index (χ3n) is 8.24. The van der Waals surface area contributed by atoms with E-state index in [1.165, 1.54) is 24.3 Å². The van der Waals surface area contributed by atoms with Gasteiger partial charge in [-0.15, -0.1) is 5.10 Å². The first-order valence-electron chi connectivity index (χ1n) is 15.4. The highest BCUT2D eigenvalue weighted by atomic mass is 127. The second kappa shape index (κ2) is 15.0. The van der Waals surface area contributed by atoms with Gasteiger partial charge in [-0.25, -0.2) is 9.59 Å². The number of non-ortho nitro benzene ring substituents is 1. The Bertz CT molecular complexity index is 1390. The molecule has 0 saturated carbocycles. The number of likely N-dealkylation sites (tertiary alicyclic amines) is 1. The zero-order valence-electron chi connectivity index (χ0n) is 28.6. The number of esters is 1. The van der Waals surface area contributed by atoms with E-state index in [0.717, 1.165) is 9.26 Å². The Morgan fingerprint density at radius 1 is 1.13 bits per heavy atom. The fourth-order valence-electron chi connectivity index (χ4n) is 4.67. The minimum absolute atomic E-state index is 0.0778. The molecule has 2 aromatic rings. The molecule has 1 amide bonds. The number of hydrogen-bond acceptors (Lipinski definition) is 10. The summed E-state index contributed by atoms with van der Waals surface area (Å²) in [6, 6.07) is 4.86. The van der Waals surface area contributed by atoms with Crippen molar-refractivity contribution in [2.24, 2.45) is 0 Å². The lowest BCUT2D eigenvalue weighted by molar-refractivity contribution is -0.384. The number of amides is 1. The SMILES string of the molecule is CCOc1nn(CCO[Si](C)(C)C(C)(C)C)c(CN(C)[C@H]2CN(C(=O)OC(C)(C)C)C[C@H]2OC(=O)c2ccc([N+](=O)[O-])cc2)c1I. The molecule has 0 aliphatic carbocycles. The molecule has 3 rings (SSSR count). The van der Waals surface area contributed by atoms with Crippen LogP contribution in [0.4, 0.5) is 10.5 Å². The topological polar surface area (TPSA) is 139 Å². The third kappa shape index (κ3) is 9.64. The van der Waals surface area contributed by atoms with Crippen LogP contribution in [0.3, 0.4) is 0 Å². The van der Waals surface area contributed by atoms with E-state index in [0.29, 0.717) is 32.2 Å². The minimum Gasteiger partial charge on any atom is -0.476 e. The van der Waals surface area contributed by atoms with Gasteiger partial charge in [-0.05, 0) is 87.6 Å².